The normalized spacial score (nSPS) is 35.3. The Morgan fingerprint density at radius 1 is 0.906 bits per heavy atom. The van der Waals surface area contributed by atoms with E-state index in [0.29, 0.717) is 30.8 Å². The molecule has 0 radical (unpaired) electrons. The van der Waals surface area contributed by atoms with Crippen LogP contribution in [0.3, 0.4) is 0 Å². The third-order valence-corrected chi connectivity index (χ3v) is 7.44. The van der Waals surface area contributed by atoms with Crippen LogP contribution in [0.5, 0.6) is 0 Å². The molecule has 0 N–H and O–H groups in total. The highest BCUT2D eigenvalue weighted by Crippen LogP contribution is 2.46. The van der Waals surface area contributed by atoms with Gasteiger partial charge in [0.2, 0.25) is 0 Å². The van der Waals surface area contributed by atoms with Gasteiger partial charge >= 0.3 is 5.97 Å². The monoisotopic (exact) mass is 450 g/mol. The zero-order chi connectivity index (χ0) is 22.0. The molecule has 0 spiro atoms. The molecule has 2 unspecified atom stereocenters. The average molecular weight is 451 g/mol. The van der Waals surface area contributed by atoms with Gasteiger partial charge in [-0.2, -0.15) is 0 Å². The highest BCUT2D eigenvalue weighted by molar-refractivity contribution is 5.72. The quantitative estimate of drug-likeness (QED) is 0.233. The minimum Gasteiger partial charge on any atom is -0.462 e. The topological polar surface area (TPSA) is 63.2 Å². The summed E-state index contributed by atoms with van der Waals surface area (Å²) >= 11 is 0. The number of esters is 1. The molecule has 6 heteroatoms. The van der Waals surface area contributed by atoms with Gasteiger partial charge in [-0.15, -0.1) is 0 Å². The molecule has 3 aliphatic heterocycles. The van der Waals surface area contributed by atoms with E-state index in [1.54, 1.807) is 0 Å². The van der Waals surface area contributed by atoms with E-state index in [9.17, 15) is 4.79 Å². The fourth-order valence-electron chi connectivity index (χ4n) is 5.62. The van der Waals surface area contributed by atoms with Gasteiger partial charge in [-0.3, -0.25) is 4.79 Å². The summed E-state index contributed by atoms with van der Waals surface area (Å²) in [6.45, 7) is 3.17. The molecule has 182 valence electrons. The van der Waals surface area contributed by atoms with Crippen LogP contribution in [0.2, 0.25) is 0 Å². The lowest BCUT2D eigenvalue weighted by molar-refractivity contribution is -0.171. The largest absolute Gasteiger partial charge is 0.462 e. The van der Waals surface area contributed by atoms with Gasteiger partial charge in [0.1, 0.15) is 6.10 Å². The smallest absolute Gasteiger partial charge is 0.306 e. The molecule has 6 nitrogen and oxygen atoms in total. The highest BCUT2D eigenvalue weighted by Gasteiger charge is 2.49. The van der Waals surface area contributed by atoms with Crippen LogP contribution in [0.15, 0.2) is 12.2 Å². The van der Waals surface area contributed by atoms with Gasteiger partial charge in [-0.05, 0) is 76.0 Å². The number of allylic oxidation sites excluding steroid dienone is 2. The number of hydrogen-bond acceptors (Lipinski definition) is 6. The first-order valence-electron chi connectivity index (χ1n) is 13.1. The van der Waals surface area contributed by atoms with Gasteiger partial charge in [-0.25, -0.2) is 0 Å². The summed E-state index contributed by atoms with van der Waals surface area (Å²) in [6, 6.07) is 0. The van der Waals surface area contributed by atoms with Crippen molar-refractivity contribution in [2.24, 2.45) is 17.8 Å². The fourth-order valence-corrected chi connectivity index (χ4v) is 5.62. The van der Waals surface area contributed by atoms with E-state index in [1.807, 2.05) is 0 Å². The second-order valence-corrected chi connectivity index (χ2v) is 9.90. The molecule has 3 heterocycles. The second kappa shape index (κ2) is 13.1. The van der Waals surface area contributed by atoms with Gasteiger partial charge in [0.05, 0.1) is 13.0 Å². The summed E-state index contributed by atoms with van der Waals surface area (Å²) in [6.07, 6.45) is 18.8. The van der Waals surface area contributed by atoms with E-state index in [-0.39, 0.29) is 24.7 Å². The van der Waals surface area contributed by atoms with Crippen molar-refractivity contribution >= 4 is 5.97 Å². The summed E-state index contributed by atoms with van der Waals surface area (Å²) < 4.78 is 28.8. The van der Waals surface area contributed by atoms with Crippen LogP contribution in [-0.2, 0) is 28.5 Å². The van der Waals surface area contributed by atoms with E-state index < -0.39 is 0 Å². The van der Waals surface area contributed by atoms with Crippen LogP contribution < -0.4 is 0 Å². The molecule has 0 bridgehead atoms. The van der Waals surface area contributed by atoms with Crippen molar-refractivity contribution in [3.05, 3.63) is 12.2 Å². The first-order valence-corrected chi connectivity index (χ1v) is 13.1. The molecule has 6 atom stereocenters. The van der Waals surface area contributed by atoms with Crippen molar-refractivity contribution in [1.29, 1.82) is 0 Å². The first-order chi connectivity index (χ1) is 15.8. The number of rotatable bonds is 12. The number of fused-ring (bicyclic) bond motifs is 1. The van der Waals surface area contributed by atoms with Crippen LogP contribution in [0.25, 0.3) is 0 Å². The molecule has 3 saturated heterocycles. The Hall–Kier alpha value is -0.950. The van der Waals surface area contributed by atoms with Gasteiger partial charge in [0, 0.05) is 25.7 Å². The van der Waals surface area contributed by atoms with Crippen molar-refractivity contribution in [3.63, 3.8) is 0 Å². The molecule has 0 aromatic carbocycles. The molecular formula is C26H42O6. The number of ether oxygens (including phenoxy) is 5. The summed E-state index contributed by atoms with van der Waals surface area (Å²) in [7, 11) is 0. The van der Waals surface area contributed by atoms with Crippen molar-refractivity contribution in [3.8, 4) is 0 Å². The summed E-state index contributed by atoms with van der Waals surface area (Å²) in [5.74, 6) is 1.07. The Kier molecular flexibility index (Phi) is 9.88. The molecular weight excluding hydrogens is 408 g/mol. The number of hydrogen-bond donors (Lipinski definition) is 0. The third kappa shape index (κ3) is 7.28. The molecule has 1 aliphatic carbocycles. The van der Waals surface area contributed by atoms with Crippen molar-refractivity contribution < 1.29 is 28.5 Å². The zero-order valence-electron chi connectivity index (χ0n) is 19.6. The predicted molar refractivity (Wildman–Crippen MR) is 121 cm³/mol. The van der Waals surface area contributed by atoms with Crippen molar-refractivity contribution in [2.75, 3.05) is 26.4 Å². The molecule has 0 amide bonds. The lowest BCUT2D eigenvalue weighted by Crippen LogP contribution is -2.26. The van der Waals surface area contributed by atoms with E-state index in [1.165, 1.54) is 38.5 Å². The van der Waals surface area contributed by atoms with Gasteiger partial charge in [0.15, 0.2) is 12.6 Å². The predicted octanol–water partition coefficient (Wildman–Crippen LogP) is 5.15. The standard InChI is InChI=1S/C26H42O6/c27-24-18-22-21(20(17-23(22)32-24)19-31-26-13-7-10-16-30-26)11-5-3-1-2-4-8-14-28-25-12-6-9-15-29-25/h5,11,20-23,25-26H,1-4,6-10,12-19H2/t20-,21-,22+,23+,25?,26?/m0/s1. The molecule has 0 aromatic heterocycles. The molecule has 1 saturated carbocycles. The number of unbranched alkanes of at least 4 members (excludes halogenated alkanes) is 4. The summed E-state index contributed by atoms with van der Waals surface area (Å²) in [5, 5.41) is 0. The van der Waals surface area contributed by atoms with Crippen molar-refractivity contribution in [1.82, 2.24) is 0 Å². The fraction of sp³-hybridized carbons (Fsp3) is 0.885. The molecule has 32 heavy (non-hydrogen) atoms. The highest BCUT2D eigenvalue weighted by atomic mass is 16.7. The molecule has 4 fully saturated rings. The van der Waals surface area contributed by atoms with Crippen LogP contribution in [0.1, 0.15) is 83.5 Å². The lowest BCUT2D eigenvalue weighted by Gasteiger charge is -2.26. The van der Waals surface area contributed by atoms with Crippen LogP contribution in [0.4, 0.5) is 0 Å². The van der Waals surface area contributed by atoms with E-state index >= 15 is 0 Å². The Labute approximate surface area is 193 Å². The van der Waals surface area contributed by atoms with Crippen LogP contribution in [0, 0.1) is 17.8 Å². The Morgan fingerprint density at radius 3 is 2.41 bits per heavy atom. The van der Waals surface area contributed by atoms with Crippen LogP contribution in [-0.4, -0.2) is 51.1 Å². The molecule has 4 aliphatic rings. The Balaban J connectivity index is 1.12. The number of carbonyl (C=O) groups is 1. The average Bonchev–Trinajstić information content (AvgIpc) is 3.33. The summed E-state index contributed by atoms with van der Waals surface area (Å²) in [5.41, 5.74) is 0. The first kappa shape index (κ1) is 24.2. The number of carbonyl (C=O) groups excluding carboxylic acids is 1. The van der Waals surface area contributed by atoms with E-state index in [2.05, 4.69) is 12.2 Å². The maximum absolute atomic E-state index is 11.8. The third-order valence-electron chi connectivity index (χ3n) is 7.44. The Bertz CT molecular complexity index is 581. The van der Waals surface area contributed by atoms with Gasteiger partial charge in [-0.1, -0.05) is 25.0 Å². The SMILES string of the molecule is O=C1C[C@@H]2[C@@H](C=CCCCCCCOC3CCCCO3)[C@H](COC3CCCCO3)C[C@H]2O1. The maximum atomic E-state index is 11.8. The van der Waals surface area contributed by atoms with Gasteiger partial charge < -0.3 is 23.7 Å². The Morgan fingerprint density at radius 2 is 1.66 bits per heavy atom. The molecule has 0 aromatic rings. The van der Waals surface area contributed by atoms with Crippen molar-refractivity contribution in [2.45, 2.75) is 102 Å². The minimum atomic E-state index is -0.0509. The van der Waals surface area contributed by atoms with Crippen LogP contribution >= 0.6 is 0 Å². The van der Waals surface area contributed by atoms with Gasteiger partial charge in [0.25, 0.3) is 0 Å². The van der Waals surface area contributed by atoms with E-state index in [4.69, 9.17) is 23.7 Å². The second-order valence-electron chi connectivity index (χ2n) is 9.90. The minimum absolute atomic E-state index is 0.0331. The maximum Gasteiger partial charge on any atom is 0.306 e. The van der Waals surface area contributed by atoms with E-state index in [0.717, 1.165) is 58.3 Å². The summed E-state index contributed by atoms with van der Waals surface area (Å²) in [4.78, 5) is 11.8. The lowest BCUT2D eigenvalue weighted by atomic mass is 9.87. The zero-order valence-corrected chi connectivity index (χ0v) is 19.6. The molecule has 4 rings (SSSR count).